The molecule has 0 fully saturated rings. The van der Waals surface area contributed by atoms with E-state index in [9.17, 15) is 4.39 Å². The van der Waals surface area contributed by atoms with Gasteiger partial charge in [-0.05, 0) is 0 Å². The fourth-order valence-electron chi connectivity index (χ4n) is 0.614. The molecule has 0 aromatic heterocycles. The number of hydrogen-bond donors (Lipinski definition) is 0. The van der Waals surface area contributed by atoms with Gasteiger partial charge >= 0.3 is 61.4 Å². The van der Waals surface area contributed by atoms with Crippen LogP contribution in [-0.2, 0) is 6.67 Å². The molecule has 0 atom stereocenters. The summed E-state index contributed by atoms with van der Waals surface area (Å²) in [4.78, 5) is 0. The van der Waals surface area contributed by atoms with Gasteiger partial charge in [0.1, 0.15) is 0 Å². The number of halogens is 1. The molecule has 1 aromatic carbocycles. The Balaban J connectivity index is 3.01. The molecule has 1 rings (SSSR count). The van der Waals surface area contributed by atoms with Crippen LogP contribution in [0.25, 0.3) is 0 Å². The molecular formula is C7H6FSe-. The van der Waals surface area contributed by atoms with E-state index in [2.05, 4.69) is 16.0 Å². The van der Waals surface area contributed by atoms with Gasteiger partial charge in [0.25, 0.3) is 0 Å². The van der Waals surface area contributed by atoms with Gasteiger partial charge in [-0.15, -0.1) is 0 Å². The van der Waals surface area contributed by atoms with E-state index in [1.807, 2.05) is 18.2 Å². The van der Waals surface area contributed by atoms with Crippen LogP contribution in [0, 0.1) is 0 Å². The summed E-state index contributed by atoms with van der Waals surface area (Å²) in [5.41, 5.74) is 0.734. The van der Waals surface area contributed by atoms with E-state index in [4.69, 9.17) is 0 Å². The molecule has 0 spiro atoms. The van der Waals surface area contributed by atoms with Crippen molar-refractivity contribution in [2.24, 2.45) is 0 Å². The fraction of sp³-hybridized carbons (Fsp3) is 0.143. The SMILES string of the molecule is FCc1ccccc1[Se-]. The molecule has 0 aliphatic heterocycles. The van der Waals surface area contributed by atoms with Gasteiger partial charge in [0, 0.05) is 0 Å². The first-order valence-electron chi connectivity index (χ1n) is 2.65. The summed E-state index contributed by atoms with van der Waals surface area (Å²) in [7, 11) is 0. The van der Waals surface area contributed by atoms with Crippen LogP contribution in [0.5, 0.6) is 0 Å². The molecule has 0 unspecified atom stereocenters. The van der Waals surface area contributed by atoms with E-state index in [0.717, 1.165) is 10.0 Å². The van der Waals surface area contributed by atoms with E-state index in [1.54, 1.807) is 6.07 Å². The predicted octanol–water partition coefficient (Wildman–Crippen LogP) is 0.950. The average Bonchev–Trinajstić information content (AvgIpc) is 1.89. The molecule has 0 aliphatic rings. The summed E-state index contributed by atoms with van der Waals surface area (Å²) in [6, 6.07) is 7.33. The number of rotatable bonds is 1. The number of alkyl halides is 1. The summed E-state index contributed by atoms with van der Waals surface area (Å²) >= 11 is 2.78. The van der Waals surface area contributed by atoms with Crippen LogP contribution in [-0.4, -0.2) is 16.0 Å². The fourth-order valence-corrected chi connectivity index (χ4v) is 1.04. The third kappa shape index (κ3) is 1.54. The summed E-state index contributed by atoms with van der Waals surface area (Å²) in [5, 5.41) is 0. The molecule has 0 saturated heterocycles. The molecule has 2 heteroatoms. The van der Waals surface area contributed by atoms with Crippen molar-refractivity contribution < 1.29 is 4.39 Å². The second kappa shape index (κ2) is 3.00. The molecule has 0 N–H and O–H groups in total. The minimum absolute atomic E-state index is 0.386. The van der Waals surface area contributed by atoms with Crippen LogP contribution in [0.3, 0.4) is 0 Å². The number of benzene rings is 1. The number of hydrogen-bond acceptors (Lipinski definition) is 0. The van der Waals surface area contributed by atoms with Crippen LogP contribution in [0.4, 0.5) is 4.39 Å². The summed E-state index contributed by atoms with van der Waals surface area (Å²) in [6.45, 7) is -0.386. The normalized spacial score (nSPS) is 9.44. The molecule has 0 bridgehead atoms. The van der Waals surface area contributed by atoms with Gasteiger partial charge in [0.2, 0.25) is 0 Å². The average molecular weight is 188 g/mol. The molecule has 0 radical (unpaired) electrons. The molecule has 48 valence electrons. The predicted molar refractivity (Wildman–Crippen MR) is 36.6 cm³/mol. The zero-order valence-corrected chi connectivity index (χ0v) is 6.52. The van der Waals surface area contributed by atoms with Gasteiger partial charge in [-0.2, -0.15) is 0 Å². The third-order valence-corrected chi connectivity index (χ3v) is 1.95. The Hall–Kier alpha value is -0.331. The van der Waals surface area contributed by atoms with Gasteiger partial charge in [0.15, 0.2) is 0 Å². The molecule has 0 aliphatic carbocycles. The van der Waals surface area contributed by atoms with Crippen LogP contribution in [0.15, 0.2) is 24.3 Å². The van der Waals surface area contributed by atoms with Crippen LogP contribution in [0.1, 0.15) is 5.56 Å². The first-order valence-corrected chi connectivity index (χ1v) is 3.51. The van der Waals surface area contributed by atoms with Gasteiger partial charge in [-0.3, -0.25) is 0 Å². The molecule has 0 nitrogen and oxygen atoms in total. The summed E-state index contributed by atoms with van der Waals surface area (Å²) in [6.07, 6.45) is 0. The second-order valence-electron chi connectivity index (χ2n) is 1.74. The molecule has 0 heterocycles. The van der Waals surface area contributed by atoms with Crippen molar-refractivity contribution in [3.05, 3.63) is 29.8 Å². The Morgan fingerprint density at radius 1 is 1.33 bits per heavy atom. The standard InChI is InChI=1S/C7H7FSe/c8-5-6-3-1-2-4-7(6)9/h1-4,9H,5H2/p-1. The van der Waals surface area contributed by atoms with Crippen molar-refractivity contribution in [1.29, 1.82) is 0 Å². The van der Waals surface area contributed by atoms with Crippen molar-refractivity contribution in [2.75, 3.05) is 0 Å². The maximum atomic E-state index is 12.0. The Bertz CT molecular complexity index is 198. The Kier molecular flexibility index (Phi) is 2.26. The zero-order valence-electron chi connectivity index (χ0n) is 4.80. The van der Waals surface area contributed by atoms with Crippen LogP contribution < -0.4 is 4.46 Å². The quantitative estimate of drug-likeness (QED) is 0.575. The van der Waals surface area contributed by atoms with E-state index < -0.39 is 0 Å². The van der Waals surface area contributed by atoms with Gasteiger partial charge in [0.05, 0.1) is 0 Å². The van der Waals surface area contributed by atoms with E-state index in [0.29, 0.717) is 0 Å². The molecule has 0 saturated carbocycles. The van der Waals surface area contributed by atoms with E-state index in [-0.39, 0.29) is 6.67 Å². The van der Waals surface area contributed by atoms with Crippen molar-refractivity contribution in [2.45, 2.75) is 6.67 Å². The monoisotopic (exact) mass is 189 g/mol. The molecule has 1 aromatic rings. The summed E-state index contributed by atoms with van der Waals surface area (Å²) in [5.74, 6) is 0. The van der Waals surface area contributed by atoms with Crippen molar-refractivity contribution >= 4 is 20.5 Å². The zero-order chi connectivity index (χ0) is 6.69. The van der Waals surface area contributed by atoms with Crippen molar-refractivity contribution in [1.82, 2.24) is 0 Å². The van der Waals surface area contributed by atoms with Gasteiger partial charge < -0.3 is 0 Å². The maximum absolute atomic E-state index is 12.0. The van der Waals surface area contributed by atoms with E-state index >= 15 is 0 Å². The Morgan fingerprint density at radius 3 is 2.44 bits per heavy atom. The second-order valence-corrected chi connectivity index (χ2v) is 2.66. The molecule has 0 amide bonds. The minimum atomic E-state index is -0.386. The van der Waals surface area contributed by atoms with Crippen LogP contribution >= 0.6 is 0 Å². The van der Waals surface area contributed by atoms with Crippen molar-refractivity contribution in [3.8, 4) is 0 Å². The van der Waals surface area contributed by atoms with E-state index in [1.165, 1.54) is 0 Å². The summed E-state index contributed by atoms with van der Waals surface area (Å²) < 4.78 is 12.9. The van der Waals surface area contributed by atoms with Gasteiger partial charge in [-0.1, -0.05) is 0 Å². The third-order valence-electron chi connectivity index (χ3n) is 1.12. The first kappa shape index (κ1) is 6.78. The first-order chi connectivity index (χ1) is 4.34. The molecule has 9 heavy (non-hydrogen) atoms. The van der Waals surface area contributed by atoms with Crippen LogP contribution in [0.2, 0.25) is 0 Å². The van der Waals surface area contributed by atoms with Gasteiger partial charge in [-0.25, -0.2) is 0 Å². The Morgan fingerprint density at radius 2 is 2.00 bits per heavy atom. The topological polar surface area (TPSA) is 0 Å². The van der Waals surface area contributed by atoms with Crippen molar-refractivity contribution in [3.63, 3.8) is 0 Å². The molecular weight excluding hydrogens is 182 g/mol. The Labute approximate surface area is 61.9 Å².